The molecule has 0 fully saturated rings. The number of carbonyl (C=O) groups is 2. The van der Waals surface area contributed by atoms with E-state index in [2.05, 4.69) is 6.92 Å². The average Bonchev–Trinajstić information content (AvgIpc) is 2.72. The number of hydrogen-bond donors (Lipinski definition) is 4. The Morgan fingerprint density at radius 1 is 0.655 bits per heavy atom. The molecule has 3 rings (SSSR count). The minimum absolute atomic E-state index is 0.0833. The van der Waals surface area contributed by atoms with Crippen LogP contribution in [0.25, 0.3) is 0 Å². The number of benzene rings is 3. The van der Waals surface area contributed by atoms with Crippen LogP contribution in [0, 0.1) is 0 Å². The molecule has 0 aliphatic carbocycles. The van der Waals surface area contributed by atoms with E-state index in [9.17, 15) is 19.8 Å². The van der Waals surface area contributed by atoms with E-state index in [1.54, 1.807) is 24.3 Å². The number of phenols is 2. The maximum atomic E-state index is 10.3. The van der Waals surface area contributed by atoms with Crippen LogP contribution in [0.2, 0.25) is 0 Å². The quantitative estimate of drug-likeness (QED) is 0.498. The highest BCUT2D eigenvalue weighted by atomic mass is 16.4. The molecule has 150 valence electrons. The predicted molar refractivity (Wildman–Crippen MR) is 109 cm³/mol. The molecule has 0 saturated carbocycles. The van der Waals surface area contributed by atoms with Crippen molar-refractivity contribution in [2.75, 3.05) is 0 Å². The molecule has 0 atom stereocenters. The second kappa shape index (κ2) is 9.94. The summed E-state index contributed by atoms with van der Waals surface area (Å²) >= 11 is 0. The van der Waals surface area contributed by atoms with Crippen molar-refractivity contribution in [2.45, 2.75) is 19.3 Å². The molecule has 0 radical (unpaired) electrons. The van der Waals surface area contributed by atoms with Crippen LogP contribution in [0.1, 0.15) is 51.1 Å². The zero-order chi connectivity index (χ0) is 21.4. The Morgan fingerprint density at radius 3 is 1.21 bits per heavy atom. The molecule has 6 heteroatoms. The van der Waals surface area contributed by atoms with Crippen molar-refractivity contribution in [3.05, 3.63) is 95.1 Å². The number of carboxylic acid groups (broad SMARTS) is 2. The van der Waals surface area contributed by atoms with Crippen LogP contribution < -0.4 is 0 Å². The second-order valence-corrected chi connectivity index (χ2v) is 6.33. The van der Waals surface area contributed by atoms with E-state index in [1.165, 1.54) is 35.4 Å². The summed E-state index contributed by atoms with van der Waals surface area (Å²) in [5.41, 5.74) is 2.52. The Kier molecular flexibility index (Phi) is 7.37. The Bertz CT molecular complexity index is 866. The molecule has 3 aromatic rings. The third-order valence-electron chi connectivity index (χ3n) is 4.38. The third kappa shape index (κ3) is 6.10. The van der Waals surface area contributed by atoms with Crippen LogP contribution in [0.15, 0.2) is 72.8 Å². The van der Waals surface area contributed by atoms with Crippen LogP contribution in [0.5, 0.6) is 11.5 Å². The molecule has 29 heavy (non-hydrogen) atoms. The number of carboxylic acids is 2. The molecule has 0 unspecified atom stereocenters. The van der Waals surface area contributed by atoms with Gasteiger partial charge < -0.3 is 20.4 Å². The lowest BCUT2D eigenvalue weighted by Crippen LogP contribution is -1.99. The molecule has 0 saturated heterocycles. The number of aromatic carboxylic acids is 2. The topological polar surface area (TPSA) is 115 Å². The monoisotopic (exact) mass is 394 g/mol. The summed E-state index contributed by atoms with van der Waals surface area (Å²) in [5, 5.41) is 35.5. The fraction of sp³-hybridized carbons (Fsp3) is 0.130. The van der Waals surface area contributed by atoms with Crippen molar-refractivity contribution < 1.29 is 30.0 Å². The number of rotatable bonds is 5. The third-order valence-corrected chi connectivity index (χ3v) is 4.38. The van der Waals surface area contributed by atoms with E-state index in [0.717, 1.165) is 6.42 Å². The minimum atomic E-state index is -1.06. The van der Waals surface area contributed by atoms with Gasteiger partial charge in [-0.1, -0.05) is 31.2 Å². The van der Waals surface area contributed by atoms with Gasteiger partial charge >= 0.3 is 11.9 Å². The van der Waals surface area contributed by atoms with E-state index >= 15 is 0 Å². The first kappa shape index (κ1) is 21.5. The SMILES string of the molecule is CCC(c1ccc(O)cc1)c1ccc(O)cc1.O=C(O)c1ccc(C(=O)O)cc1. The maximum Gasteiger partial charge on any atom is 0.335 e. The molecule has 6 nitrogen and oxygen atoms in total. The summed E-state index contributed by atoms with van der Waals surface area (Å²) < 4.78 is 0. The van der Waals surface area contributed by atoms with E-state index in [1.807, 2.05) is 24.3 Å². The molecule has 0 amide bonds. The van der Waals surface area contributed by atoms with Crippen LogP contribution in [0.4, 0.5) is 0 Å². The molecule has 0 spiro atoms. The van der Waals surface area contributed by atoms with Gasteiger partial charge in [0.25, 0.3) is 0 Å². The molecular formula is C23H22O6. The van der Waals surface area contributed by atoms with Crippen LogP contribution in [-0.4, -0.2) is 32.4 Å². The van der Waals surface area contributed by atoms with Gasteiger partial charge in [-0.15, -0.1) is 0 Å². The van der Waals surface area contributed by atoms with Crippen molar-refractivity contribution in [2.24, 2.45) is 0 Å². The van der Waals surface area contributed by atoms with Crippen molar-refractivity contribution in [3.8, 4) is 11.5 Å². The summed E-state index contributed by atoms with van der Waals surface area (Å²) in [6, 6.07) is 19.6. The molecule has 0 aliphatic heterocycles. The van der Waals surface area contributed by atoms with E-state index < -0.39 is 11.9 Å². The lowest BCUT2D eigenvalue weighted by molar-refractivity contribution is 0.0681. The molecule has 4 N–H and O–H groups in total. The first-order chi connectivity index (χ1) is 13.8. The first-order valence-corrected chi connectivity index (χ1v) is 8.96. The van der Waals surface area contributed by atoms with Crippen molar-refractivity contribution in [1.82, 2.24) is 0 Å². The summed E-state index contributed by atoms with van der Waals surface area (Å²) in [6.07, 6.45) is 0.982. The fourth-order valence-electron chi connectivity index (χ4n) is 2.83. The van der Waals surface area contributed by atoms with Gasteiger partial charge in [-0.25, -0.2) is 9.59 Å². The average molecular weight is 394 g/mol. The standard InChI is InChI=1S/C15H16O2.C8H6O4/c1-2-15(11-3-7-13(16)8-4-11)12-5-9-14(17)10-6-12;9-7(10)5-1-2-6(4-3-5)8(11)12/h3-10,15-17H,2H2,1H3;1-4H,(H,9,10)(H,11,12). The molecule has 0 aliphatic rings. The zero-order valence-corrected chi connectivity index (χ0v) is 15.8. The Labute approximate surface area is 168 Å². The lowest BCUT2D eigenvalue weighted by Gasteiger charge is -2.16. The predicted octanol–water partition coefficient (Wildman–Crippen LogP) is 4.72. The highest BCUT2D eigenvalue weighted by Gasteiger charge is 2.11. The minimum Gasteiger partial charge on any atom is -0.508 e. The van der Waals surface area contributed by atoms with Crippen LogP contribution in [-0.2, 0) is 0 Å². The molecule has 0 heterocycles. The number of hydrogen-bond acceptors (Lipinski definition) is 4. The van der Waals surface area contributed by atoms with Gasteiger partial charge in [-0.3, -0.25) is 0 Å². The lowest BCUT2D eigenvalue weighted by atomic mass is 9.89. The van der Waals surface area contributed by atoms with Gasteiger partial charge in [0.15, 0.2) is 0 Å². The van der Waals surface area contributed by atoms with Gasteiger partial charge in [0, 0.05) is 5.92 Å². The second-order valence-electron chi connectivity index (χ2n) is 6.33. The van der Waals surface area contributed by atoms with Crippen LogP contribution in [0.3, 0.4) is 0 Å². The van der Waals surface area contributed by atoms with E-state index in [0.29, 0.717) is 5.92 Å². The van der Waals surface area contributed by atoms with Crippen molar-refractivity contribution in [1.29, 1.82) is 0 Å². The van der Waals surface area contributed by atoms with E-state index in [-0.39, 0.29) is 22.6 Å². The summed E-state index contributed by atoms with van der Waals surface area (Å²) in [7, 11) is 0. The molecular weight excluding hydrogens is 372 g/mol. The molecule has 3 aromatic carbocycles. The Hall–Kier alpha value is -3.80. The Balaban J connectivity index is 0.000000221. The van der Waals surface area contributed by atoms with E-state index in [4.69, 9.17) is 10.2 Å². The largest absolute Gasteiger partial charge is 0.508 e. The van der Waals surface area contributed by atoms with Gasteiger partial charge in [0.05, 0.1) is 11.1 Å². The normalized spacial score (nSPS) is 10.1. The van der Waals surface area contributed by atoms with Crippen LogP contribution >= 0.6 is 0 Å². The Morgan fingerprint density at radius 2 is 0.966 bits per heavy atom. The number of aromatic hydroxyl groups is 2. The fourth-order valence-corrected chi connectivity index (χ4v) is 2.83. The van der Waals surface area contributed by atoms with Gasteiger partial charge in [-0.05, 0) is 66.1 Å². The first-order valence-electron chi connectivity index (χ1n) is 8.96. The highest BCUT2D eigenvalue weighted by molar-refractivity contribution is 5.91. The smallest absolute Gasteiger partial charge is 0.335 e. The van der Waals surface area contributed by atoms with Crippen molar-refractivity contribution >= 4 is 11.9 Å². The van der Waals surface area contributed by atoms with Gasteiger partial charge in [-0.2, -0.15) is 0 Å². The summed E-state index contributed by atoms with van der Waals surface area (Å²) in [6.45, 7) is 2.13. The van der Waals surface area contributed by atoms with Gasteiger partial charge in [0.2, 0.25) is 0 Å². The summed E-state index contributed by atoms with van der Waals surface area (Å²) in [4.78, 5) is 20.7. The van der Waals surface area contributed by atoms with Gasteiger partial charge in [0.1, 0.15) is 11.5 Å². The molecule has 0 aromatic heterocycles. The number of phenolic OH excluding ortho intramolecular Hbond substituents is 2. The molecule has 0 bridgehead atoms. The zero-order valence-electron chi connectivity index (χ0n) is 15.8. The highest BCUT2D eigenvalue weighted by Crippen LogP contribution is 2.29. The van der Waals surface area contributed by atoms with Crippen molar-refractivity contribution in [3.63, 3.8) is 0 Å². The maximum absolute atomic E-state index is 10.3. The summed E-state index contributed by atoms with van der Waals surface area (Å²) in [5.74, 6) is -1.25.